The van der Waals surface area contributed by atoms with Crippen molar-refractivity contribution in [1.29, 1.82) is 0 Å². The summed E-state index contributed by atoms with van der Waals surface area (Å²) in [6.45, 7) is 0.514. The Morgan fingerprint density at radius 2 is 2.00 bits per heavy atom. The van der Waals surface area contributed by atoms with Gasteiger partial charge in [0.05, 0.1) is 0 Å². The number of rotatable bonds is 3. The fourth-order valence-corrected chi connectivity index (χ4v) is 2.04. The minimum Gasteiger partial charge on any atom is -0.378 e. The van der Waals surface area contributed by atoms with Gasteiger partial charge < -0.3 is 15.5 Å². The van der Waals surface area contributed by atoms with E-state index in [0.717, 1.165) is 5.69 Å². The lowest BCUT2D eigenvalue weighted by molar-refractivity contribution is -0.122. The molecule has 0 spiro atoms. The number of nitrogens with one attached hydrogen (secondary N) is 2. The molecule has 1 unspecified atom stereocenters. The Labute approximate surface area is 113 Å². The molecule has 2 N–H and O–H groups in total. The van der Waals surface area contributed by atoms with Gasteiger partial charge in [0.2, 0.25) is 5.91 Å². The third-order valence-corrected chi connectivity index (χ3v) is 3.25. The summed E-state index contributed by atoms with van der Waals surface area (Å²) in [5, 5.41) is 5.69. The maximum atomic E-state index is 12.0. The largest absolute Gasteiger partial charge is 0.378 e. The summed E-state index contributed by atoms with van der Waals surface area (Å²) in [5.41, 5.74) is 1.70. The number of benzene rings is 1. The van der Waals surface area contributed by atoms with Gasteiger partial charge in [-0.3, -0.25) is 9.59 Å². The van der Waals surface area contributed by atoms with E-state index >= 15 is 0 Å². The van der Waals surface area contributed by atoms with Gasteiger partial charge in [0.15, 0.2) is 0 Å². The van der Waals surface area contributed by atoms with Crippen LogP contribution >= 0.6 is 0 Å². The van der Waals surface area contributed by atoms with Crippen LogP contribution in [0, 0.1) is 0 Å². The average Bonchev–Trinajstić information content (AvgIpc) is 2.41. The normalized spacial score (nSPS) is 18.6. The van der Waals surface area contributed by atoms with E-state index in [0.29, 0.717) is 24.9 Å². The lowest BCUT2D eigenvalue weighted by atomic mass is 10.1. The molecule has 0 bridgehead atoms. The molecule has 0 radical (unpaired) electrons. The lowest BCUT2D eigenvalue weighted by Crippen LogP contribution is -2.47. The molecule has 2 rings (SSSR count). The van der Waals surface area contributed by atoms with Gasteiger partial charge in [-0.2, -0.15) is 0 Å². The Morgan fingerprint density at radius 1 is 1.32 bits per heavy atom. The van der Waals surface area contributed by atoms with Crippen molar-refractivity contribution in [2.75, 3.05) is 25.5 Å². The maximum absolute atomic E-state index is 12.0. The molecule has 1 aromatic rings. The molecular weight excluding hydrogens is 242 g/mol. The van der Waals surface area contributed by atoms with E-state index < -0.39 is 0 Å². The van der Waals surface area contributed by atoms with Crippen LogP contribution in [0.2, 0.25) is 0 Å². The van der Waals surface area contributed by atoms with Gasteiger partial charge in [-0.25, -0.2) is 0 Å². The summed E-state index contributed by atoms with van der Waals surface area (Å²) < 4.78 is 0. The highest BCUT2D eigenvalue weighted by Crippen LogP contribution is 2.12. The smallest absolute Gasteiger partial charge is 0.251 e. The van der Waals surface area contributed by atoms with Crippen molar-refractivity contribution < 1.29 is 9.59 Å². The maximum Gasteiger partial charge on any atom is 0.251 e. The van der Waals surface area contributed by atoms with Gasteiger partial charge in [0.25, 0.3) is 5.91 Å². The van der Waals surface area contributed by atoms with Gasteiger partial charge in [0.1, 0.15) is 0 Å². The van der Waals surface area contributed by atoms with Crippen molar-refractivity contribution in [3.63, 3.8) is 0 Å². The summed E-state index contributed by atoms with van der Waals surface area (Å²) in [6, 6.07) is 7.48. The van der Waals surface area contributed by atoms with Crippen molar-refractivity contribution in [2.24, 2.45) is 0 Å². The third-order valence-electron chi connectivity index (χ3n) is 3.25. The van der Waals surface area contributed by atoms with Crippen molar-refractivity contribution in [3.05, 3.63) is 29.8 Å². The predicted octanol–water partition coefficient (Wildman–Crippen LogP) is 0.761. The van der Waals surface area contributed by atoms with Crippen LogP contribution in [0.3, 0.4) is 0 Å². The Balaban J connectivity index is 1.94. The summed E-state index contributed by atoms with van der Waals surface area (Å²) >= 11 is 0. The molecule has 102 valence electrons. The molecule has 1 aromatic carbocycles. The molecule has 5 heteroatoms. The monoisotopic (exact) mass is 261 g/mol. The van der Waals surface area contributed by atoms with E-state index in [1.54, 1.807) is 0 Å². The summed E-state index contributed by atoms with van der Waals surface area (Å²) in [4.78, 5) is 25.1. The Morgan fingerprint density at radius 3 is 2.53 bits per heavy atom. The number of carbonyl (C=O) groups is 2. The molecule has 0 aliphatic carbocycles. The standard InChI is InChI=1S/C14H19N3O2/c1-17(2)12-6-3-10(4-7-12)14(19)16-11-5-8-13(18)15-9-11/h3-4,6-7,11H,5,8-9H2,1-2H3,(H,15,18)(H,16,19). The zero-order valence-corrected chi connectivity index (χ0v) is 11.3. The topological polar surface area (TPSA) is 61.4 Å². The lowest BCUT2D eigenvalue weighted by Gasteiger charge is -2.23. The van der Waals surface area contributed by atoms with E-state index in [1.165, 1.54) is 0 Å². The first-order valence-corrected chi connectivity index (χ1v) is 6.41. The first kappa shape index (κ1) is 13.4. The molecule has 1 atom stereocenters. The molecule has 1 heterocycles. The molecule has 1 aliphatic heterocycles. The second-order valence-electron chi connectivity index (χ2n) is 4.95. The minimum absolute atomic E-state index is 0.0266. The number of piperidine rings is 1. The van der Waals surface area contributed by atoms with E-state index in [9.17, 15) is 9.59 Å². The van der Waals surface area contributed by atoms with Crippen molar-refractivity contribution >= 4 is 17.5 Å². The van der Waals surface area contributed by atoms with E-state index in [2.05, 4.69) is 10.6 Å². The number of hydrogen-bond acceptors (Lipinski definition) is 3. The first-order chi connectivity index (χ1) is 9.06. The second-order valence-corrected chi connectivity index (χ2v) is 4.95. The van der Waals surface area contributed by atoms with Crippen molar-refractivity contribution in [2.45, 2.75) is 18.9 Å². The molecule has 5 nitrogen and oxygen atoms in total. The van der Waals surface area contributed by atoms with Gasteiger partial charge in [0, 0.05) is 44.4 Å². The van der Waals surface area contributed by atoms with Crippen LogP contribution in [0.15, 0.2) is 24.3 Å². The van der Waals surface area contributed by atoms with Crippen molar-refractivity contribution in [3.8, 4) is 0 Å². The van der Waals surface area contributed by atoms with Crippen LogP contribution < -0.4 is 15.5 Å². The zero-order valence-electron chi connectivity index (χ0n) is 11.3. The molecule has 1 fully saturated rings. The summed E-state index contributed by atoms with van der Waals surface area (Å²) in [7, 11) is 3.92. The molecular formula is C14H19N3O2. The molecule has 1 saturated heterocycles. The average molecular weight is 261 g/mol. The van der Waals surface area contributed by atoms with Crippen LogP contribution in [0.4, 0.5) is 5.69 Å². The quantitative estimate of drug-likeness (QED) is 0.844. The van der Waals surface area contributed by atoms with Gasteiger partial charge in [-0.05, 0) is 30.7 Å². The second kappa shape index (κ2) is 5.73. The molecule has 0 saturated carbocycles. The fourth-order valence-electron chi connectivity index (χ4n) is 2.04. The summed E-state index contributed by atoms with van der Waals surface area (Å²) in [6.07, 6.45) is 1.18. The highest BCUT2D eigenvalue weighted by Gasteiger charge is 2.20. The Hall–Kier alpha value is -2.04. The van der Waals surface area contributed by atoms with Gasteiger partial charge in [-0.15, -0.1) is 0 Å². The van der Waals surface area contributed by atoms with Crippen LogP contribution in [-0.2, 0) is 4.79 Å². The number of hydrogen-bond donors (Lipinski definition) is 2. The number of amides is 2. The fraction of sp³-hybridized carbons (Fsp3) is 0.429. The van der Waals surface area contributed by atoms with E-state index in [1.807, 2.05) is 43.3 Å². The number of anilines is 1. The van der Waals surface area contributed by atoms with Gasteiger partial charge in [-0.1, -0.05) is 0 Å². The van der Waals surface area contributed by atoms with E-state index in [4.69, 9.17) is 0 Å². The van der Waals surface area contributed by atoms with Crippen LogP contribution in [0.5, 0.6) is 0 Å². The highest BCUT2D eigenvalue weighted by molar-refractivity contribution is 5.94. The zero-order chi connectivity index (χ0) is 13.8. The Kier molecular flexibility index (Phi) is 4.04. The van der Waals surface area contributed by atoms with Crippen LogP contribution in [0.25, 0.3) is 0 Å². The molecule has 1 aliphatic rings. The number of nitrogens with zero attached hydrogens (tertiary/aromatic N) is 1. The van der Waals surface area contributed by atoms with Gasteiger partial charge >= 0.3 is 0 Å². The summed E-state index contributed by atoms with van der Waals surface area (Å²) in [5.74, 6) is -0.0349. The van der Waals surface area contributed by atoms with E-state index in [-0.39, 0.29) is 17.9 Å². The minimum atomic E-state index is -0.0912. The predicted molar refractivity (Wildman–Crippen MR) is 74.3 cm³/mol. The van der Waals surface area contributed by atoms with Crippen LogP contribution in [-0.4, -0.2) is 38.5 Å². The van der Waals surface area contributed by atoms with Crippen LogP contribution in [0.1, 0.15) is 23.2 Å². The number of carbonyl (C=O) groups excluding carboxylic acids is 2. The first-order valence-electron chi connectivity index (χ1n) is 6.41. The highest BCUT2D eigenvalue weighted by atomic mass is 16.2. The molecule has 19 heavy (non-hydrogen) atoms. The third kappa shape index (κ3) is 3.47. The molecule has 2 amide bonds. The van der Waals surface area contributed by atoms with Crippen molar-refractivity contribution in [1.82, 2.24) is 10.6 Å². The SMILES string of the molecule is CN(C)c1ccc(C(=O)NC2CCC(=O)NC2)cc1. The Bertz CT molecular complexity index is 458. The molecule has 0 aromatic heterocycles.